The second kappa shape index (κ2) is 5.55. The Morgan fingerprint density at radius 2 is 1.64 bits per heavy atom. The molecular formula is C18H26O4. The van der Waals surface area contributed by atoms with Crippen LogP contribution in [0.2, 0.25) is 0 Å². The van der Waals surface area contributed by atoms with Crippen LogP contribution in [0.25, 0.3) is 0 Å². The van der Waals surface area contributed by atoms with Crippen molar-refractivity contribution >= 4 is 5.97 Å². The van der Waals surface area contributed by atoms with Gasteiger partial charge in [-0.15, -0.1) is 0 Å². The van der Waals surface area contributed by atoms with Crippen LogP contribution in [0.4, 0.5) is 0 Å². The predicted octanol–water partition coefficient (Wildman–Crippen LogP) is 3.80. The summed E-state index contributed by atoms with van der Waals surface area (Å²) < 4.78 is 12.8. The zero-order chi connectivity index (χ0) is 15.2. The number of ether oxygens (including phenoxy) is 2. The van der Waals surface area contributed by atoms with Crippen LogP contribution >= 0.6 is 0 Å². The van der Waals surface area contributed by atoms with Gasteiger partial charge in [0.25, 0.3) is 0 Å². The highest BCUT2D eigenvalue weighted by atomic mass is 16.6. The lowest BCUT2D eigenvalue weighted by Crippen LogP contribution is -2.37. The molecule has 4 aliphatic carbocycles. The topological polar surface area (TPSA) is 55.8 Å². The summed E-state index contributed by atoms with van der Waals surface area (Å²) in [5.41, 5.74) is 0.104. The van der Waals surface area contributed by atoms with Gasteiger partial charge >= 0.3 is 5.97 Å². The molecule has 4 rings (SSSR count). The van der Waals surface area contributed by atoms with Gasteiger partial charge in [-0.25, -0.2) is 4.79 Å². The summed E-state index contributed by atoms with van der Waals surface area (Å²) in [6, 6.07) is 0. The summed E-state index contributed by atoms with van der Waals surface area (Å²) in [6.07, 6.45) is 12.4. The molecule has 0 spiro atoms. The molecule has 0 aliphatic heterocycles. The van der Waals surface area contributed by atoms with E-state index >= 15 is 0 Å². The van der Waals surface area contributed by atoms with E-state index in [1.165, 1.54) is 25.7 Å². The smallest absolute Gasteiger partial charge is 0.335 e. The van der Waals surface area contributed by atoms with Gasteiger partial charge in [-0.1, -0.05) is 12.8 Å². The van der Waals surface area contributed by atoms with Crippen LogP contribution in [0.15, 0.2) is 11.3 Å². The molecule has 22 heavy (non-hydrogen) atoms. The average molecular weight is 306 g/mol. The molecule has 0 aromatic rings. The van der Waals surface area contributed by atoms with Crippen LogP contribution < -0.4 is 0 Å². The Hall–Kier alpha value is -1.03. The minimum Gasteiger partial charge on any atom is -0.491 e. The monoisotopic (exact) mass is 306 g/mol. The maximum absolute atomic E-state index is 11.8. The van der Waals surface area contributed by atoms with Crippen LogP contribution in [0.3, 0.4) is 0 Å². The number of hydrogen-bond donors (Lipinski definition) is 1. The number of rotatable bonds is 5. The molecule has 4 nitrogen and oxygen atoms in total. The molecule has 0 saturated heterocycles. The van der Waals surface area contributed by atoms with Crippen LogP contribution in [-0.4, -0.2) is 28.9 Å². The first-order valence-electron chi connectivity index (χ1n) is 9.00. The van der Waals surface area contributed by atoms with E-state index < -0.39 is 11.6 Å². The molecule has 3 saturated carbocycles. The van der Waals surface area contributed by atoms with Crippen LogP contribution in [0.5, 0.6) is 0 Å². The van der Waals surface area contributed by atoms with E-state index in [-0.39, 0.29) is 12.0 Å². The van der Waals surface area contributed by atoms with Crippen molar-refractivity contribution in [2.75, 3.05) is 0 Å². The molecule has 0 radical (unpaired) electrons. The summed E-state index contributed by atoms with van der Waals surface area (Å²) in [5, 5.41) is 9.66. The molecule has 2 bridgehead atoms. The first kappa shape index (κ1) is 14.6. The lowest BCUT2D eigenvalue weighted by molar-refractivity contribution is -0.134. The van der Waals surface area contributed by atoms with Gasteiger partial charge in [-0.3, -0.25) is 0 Å². The fraction of sp³-hybridized carbons (Fsp3) is 0.833. The Kier molecular flexibility index (Phi) is 3.67. The predicted molar refractivity (Wildman–Crippen MR) is 81.4 cm³/mol. The molecule has 0 amide bonds. The van der Waals surface area contributed by atoms with Crippen molar-refractivity contribution in [3.63, 3.8) is 0 Å². The summed E-state index contributed by atoms with van der Waals surface area (Å²) in [6.45, 7) is 0. The molecule has 4 aliphatic rings. The van der Waals surface area contributed by atoms with Gasteiger partial charge in [0.2, 0.25) is 0 Å². The molecule has 2 unspecified atom stereocenters. The Morgan fingerprint density at radius 3 is 2.27 bits per heavy atom. The van der Waals surface area contributed by atoms with Crippen molar-refractivity contribution in [3.05, 3.63) is 11.3 Å². The van der Waals surface area contributed by atoms with Gasteiger partial charge in [0.15, 0.2) is 0 Å². The Bertz CT molecular complexity index is 485. The van der Waals surface area contributed by atoms with Crippen molar-refractivity contribution in [2.45, 2.75) is 88.4 Å². The molecule has 1 N–H and O–H groups in total. The maximum atomic E-state index is 11.8. The third-order valence-electron chi connectivity index (χ3n) is 6.05. The normalized spacial score (nSPS) is 35.7. The number of carboxylic acids is 1. The SMILES string of the molecule is O=C(O)C1=C(OC2CCCC2)C2(OC3CCCC3)CCC1C2. The van der Waals surface area contributed by atoms with Gasteiger partial charge in [0.05, 0.1) is 17.8 Å². The number of fused-ring (bicyclic) bond motifs is 2. The summed E-state index contributed by atoms with van der Waals surface area (Å²) in [5.74, 6) is 0.0416. The van der Waals surface area contributed by atoms with Crippen LogP contribution in [-0.2, 0) is 14.3 Å². The minimum absolute atomic E-state index is 0.135. The van der Waals surface area contributed by atoms with Gasteiger partial charge in [-0.2, -0.15) is 0 Å². The largest absolute Gasteiger partial charge is 0.491 e. The Balaban J connectivity index is 1.61. The van der Waals surface area contributed by atoms with E-state index in [4.69, 9.17) is 9.47 Å². The lowest BCUT2D eigenvalue weighted by atomic mass is 9.94. The summed E-state index contributed by atoms with van der Waals surface area (Å²) >= 11 is 0. The number of carbonyl (C=O) groups is 1. The second-order valence-electron chi connectivity index (χ2n) is 7.53. The van der Waals surface area contributed by atoms with E-state index in [0.717, 1.165) is 44.9 Å². The zero-order valence-electron chi connectivity index (χ0n) is 13.2. The third kappa shape index (κ3) is 2.36. The minimum atomic E-state index is -0.797. The van der Waals surface area contributed by atoms with Gasteiger partial charge in [0.1, 0.15) is 11.4 Å². The van der Waals surface area contributed by atoms with E-state index in [1.807, 2.05) is 0 Å². The quantitative estimate of drug-likeness (QED) is 0.839. The molecule has 3 fully saturated rings. The average Bonchev–Trinajstić information content (AvgIpc) is 3.22. The molecule has 0 aromatic carbocycles. The highest BCUT2D eigenvalue weighted by molar-refractivity contribution is 5.89. The molecule has 122 valence electrons. The summed E-state index contributed by atoms with van der Waals surface area (Å²) in [7, 11) is 0. The second-order valence-corrected chi connectivity index (χ2v) is 7.53. The Labute approximate surface area is 131 Å². The van der Waals surface area contributed by atoms with Gasteiger partial charge in [-0.05, 0) is 63.7 Å². The van der Waals surface area contributed by atoms with Crippen molar-refractivity contribution in [1.82, 2.24) is 0 Å². The first-order chi connectivity index (χ1) is 10.7. The van der Waals surface area contributed by atoms with Crippen molar-refractivity contribution in [2.24, 2.45) is 5.92 Å². The van der Waals surface area contributed by atoms with Gasteiger partial charge in [0, 0.05) is 0 Å². The van der Waals surface area contributed by atoms with Crippen molar-refractivity contribution in [1.29, 1.82) is 0 Å². The van der Waals surface area contributed by atoms with E-state index in [9.17, 15) is 9.90 Å². The molecule has 0 heterocycles. The van der Waals surface area contributed by atoms with Crippen molar-refractivity contribution < 1.29 is 19.4 Å². The van der Waals surface area contributed by atoms with Crippen LogP contribution in [0.1, 0.15) is 70.6 Å². The lowest BCUT2D eigenvalue weighted by Gasteiger charge is -2.35. The molecule has 0 aromatic heterocycles. The standard InChI is InChI=1S/C18H26O4/c19-17(20)15-12-9-10-18(11-12,22-14-7-3-4-8-14)16(15)21-13-5-1-2-6-13/h12-14H,1-11H2,(H,19,20). The van der Waals surface area contributed by atoms with E-state index in [2.05, 4.69) is 0 Å². The zero-order valence-corrected chi connectivity index (χ0v) is 13.2. The number of hydrogen-bond acceptors (Lipinski definition) is 3. The van der Waals surface area contributed by atoms with E-state index in [0.29, 0.717) is 17.4 Å². The highest BCUT2D eigenvalue weighted by Gasteiger charge is 2.57. The Morgan fingerprint density at radius 1 is 1.00 bits per heavy atom. The maximum Gasteiger partial charge on any atom is 0.335 e. The van der Waals surface area contributed by atoms with Crippen LogP contribution in [0, 0.1) is 5.92 Å². The first-order valence-corrected chi connectivity index (χ1v) is 9.00. The van der Waals surface area contributed by atoms with Crippen molar-refractivity contribution in [3.8, 4) is 0 Å². The third-order valence-corrected chi connectivity index (χ3v) is 6.05. The number of aliphatic carboxylic acids is 1. The van der Waals surface area contributed by atoms with E-state index in [1.54, 1.807) is 0 Å². The fourth-order valence-electron chi connectivity index (χ4n) is 4.99. The number of carboxylic acid groups (broad SMARTS) is 1. The van der Waals surface area contributed by atoms with Gasteiger partial charge < -0.3 is 14.6 Å². The molecule has 4 heteroatoms. The molecular weight excluding hydrogens is 280 g/mol. The fourth-order valence-corrected chi connectivity index (χ4v) is 4.99. The highest BCUT2D eigenvalue weighted by Crippen LogP contribution is 2.55. The summed E-state index contributed by atoms with van der Waals surface area (Å²) in [4.78, 5) is 11.8. The molecule has 2 atom stereocenters.